The molecule has 0 radical (unpaired) electrons. The van der Waals surface area contributed by atoms with Gasteiger partial charge in [0.15, 0.2) is 0 Å². The normalized spacial score (nSPS) is 10.9. The average Bonchev–Trinajstić information content (AvgIpc) is 2.50. The number of hydrogen-bond acceptors (Lipinski definition) is 7. The van der Waals surface area contributed by atoms with E-state index >= 15 is 0 Å². The van der Waals surface area contributed by atoms with Gasteiger partial charge in [-0.3, -0.25) is 19.7 Å². The molecule has 138 valence electrons. The lowest BCUT2D eigenvalue weighted by Gasteiger charge is -2.10. The molecule has 0 spiro atoms. The maximum atomic E-state index is 12.0. The van der Waals surface area contributed by atoms with E-state index in [0.29, 0.717) is 0 Å². The molecule has 0 bridgehead atoms. The molecule has 1 aromatic carbocycles. The van der Waals surface area contributed by atoms with Gasteiger partial charge in [0, 0.05) is 32.6 Å². The Balaban J connectivity index is 2.90. The first-order valence-electron chi connectivity index (χ1n) is 7.11. The number of sulfonamides is 1. The molecule has 0 fully saturated rings. The van der Waals surface area contributed by atoms with Crippen LogP contribution >= 0.6 is 0 Å². The minimum Gasteiger partial charge on any atom is -0.481 e. The summed E-state index contributed by atoms with van der Waals surface area (Å²) in [4.78, 5) is 31.2. The summed E-state index contributed by atoms with van der Waals surface area (Å²) in [6.07, 6.45) is -0.413. The van der Waals surface area contributed by atoms with Crippen molar-refractivity contribution < 1.29 is 28.0 Å². The standard InChI is InChI=1S/C13H18N4O7S/c1-9(18)14-6-7-15-11-3-2-10(8-12(11)17(21)22)25(23,24)16-5-4-13(19)20/h2-3,8,15-16H,4-7H2,1H3,(H,14,18)(H,19,20). The van der Waals surface area contributed by atoms with Crippen molar-refractivity contribution in [3.05, 3.63) is 28.3 Å². The molecule has 0 unspecified atom stereocenters. The lowest BCUT2D eigenvalue weighted by Crippen LogP contribution is -2.27. The maximum absolute atomic E-state index is 12.0. The largest absolute Gasteiger partial charge is 0.481 e. The van der Waals surface area contributed by atoms with Crippen molar-refractivity contribution in [3.8, 4) is 0 Å². The Morgan fingerprint density at radius 3 is 2.48 bits per heavy atom. The zero-order chi connectivity index (χ0) is 19.0. The van der Waals surface area contributed by atoms with Crippen LogP contribution < -0.4 is 15.4 Å². The molecule has 0 heterocycles. The number of rotatable bonds is 10. The number of carboxylic acid groups (broad SMARTS) is 1. The number of amides is 1. The topological polar surface area (TPSA) is 168 Å². The molecule has 4 N–H and O–H groups in total. The van der Waals surface area contributed by atoms with Crippen LogP contribution in [-0.2, 0) is 19.6 Å². The first-order valence-corrected chi connectivity index (χ1v) is 8.60. The fourth-order valence-corrected chi connectivity index (χ4v) is 2.84. The van der Waals surface area contributed by atoms with Gasteiger partial charge in [-0.25, -0.2) is 13.1 Å². The second-order valence-electron chi connectivity index (χ2n) is 4.89. The van der Waals surface area contributed by atoms with Gasteiger partial charge >= 0.3 is 5.97 Å². The first-order chi connectivity index (χ1) is 11.6. The summed E-state index contributed by atoms with van der Waals surface area (Å²) in [5.74, 6) is -1.42. The molecule has 0 aliphatic carbocycles. The van der Waals surface area contributed by atoms with E-state index in [1.54, 1.807) is 0 Å². The van der Waals surface area contributed by atoms with Crippen molar-refractivity contribution in [2.75, 3.05) is 25.0 Å². The molecule has 0 saturated heterocycles. The summed E-state index contributed by atoms with van der Waals surface area (Å²) in [5.41, 5.74) is -0.358. The summed E-state index contributed by atoms with van der Waals surface area (Å²) in [6.45, 7) is 1.45. The smallest absolute Gasteiger partial charge is 0.304 e. The Morgan fingerprint density at radius 1 is 1.24 bits per heavy atom. The minimum atomic E-state index is -4.07. The summed E-state index contributed by atoms with van der Waals surface area (Å²) in [5, 5.41) is 24.9. The highest BCUT2D eigenvalue weighted by atomic mass is 32.2. The predicted octanol–water partition coefficient (Wildman–Crippen LogP) is -0.104. The Hall–Kier alpha value is -2.73. The van der Waals surface area contributed by atoms with Crippen LogP contribution in [0.5, 0.6) is 0 Å². The second kappa shape index (κ2) is 8.94. The van der Waals surface area contributed by atoms with Gasteiger partial charge in [-0.2, -0.15) is 0 Å². The zero-order valence-corrected chi connectivity index (χ0v) is 14.1. The predicted molar refractivity (Wildman–Crippen MR) is 87.7 cm³/mol. The molecule has 0 aliphatic rings. The van der Waals surface area contributed by atoms with Gasteiger partial charge in [-0.15, -0.1) is 0 Å². The third kappa shape index (κ3) is 6.73. The van der Waals surface area contributed by atoms with E-state index in [0.717, 1.165) is 12.1 Å². The van der Waals surface area contributed by atoms with E-state index in [-0.39, 0.29) is 36.1 Å². The quantitative estimate of drug-likeness (QED) is 0.250. The van der Waals surface area contributed by atoms with Crippen LogP contribution in [-0.4, -0.2) is 50.0 Å². The van der Waals surface area contributed by atoms with Crippen LogP contribution in [0.3, 0.4) is 0 Å². The molecule has 25 heavy (non-hydrogen) atoms. The van der Waals surface area contributed by atoms with Crippen molar-refractivity contribution in [1.82, 2.24) is 10.0 Å². The molecule has 1 rings (SSSR count). The highest BCUT2D eigenvalue weighted by Crippen LogP contribution is 2.27. The van der Waals surface area contributed by atoms with Gasteiger partial charge in [-0.05, 0) is 12.1 Å². The Labute approximate surface area is 143 Å². The van der Waals surface area contributed by atoms with Crippen LogP contribution in [0.25, 0.3) is 0 Å². The third-order valence-electron chi connectivity index (χ3n) is 2.92. The number of benzene rings is 1. The van der Waals surface area contributed by atoms with Gasteiger partial charge in [-0.1, -0.05) is 0 Å². The average molecular weight is 374 g/mol. The number of carbonyl (C=O) groups excluding carboxylic acids is 1. The van der Waals surface area contributed by atoms with Gasteiger partial charge in [0.1, 0.15) is 5.69 Å². The van der Waals surface area contributed by atoms with E-state index in [1.807, 2.05) is 0 Å². The number of hydrogen-bond donors (Lipinski definition) is 4. The molecule has 1 aromatic rings. The van der Waals surface area contributed by atoms with E-state index in [1.165, 1.54) is 13.0 Å². The number of carbonyl (C=O) groups is 2. The van der Waals surface area contributed by atoms with Crippen molar-refractivity contribution in [2.24, 2.45) is 0 Å². The highest BCUT2D eigenvalue weighted by molar-refractivity contribution is 7.89. The highest BCUT2D eigenvalue weighted by Gasteiger charge is 2.21. The lowest BCUT2D eigenvalue weighted by molar-refractivity contribution is -0.384. The SMILES string of the molecule is CC(=O)NCCNc1ccc(S(=O)(=O)NCCC(=O)O)cc1[N+](=O)[O-]. The number of anilines is 1. The van der Waals surface area contributed by atoms with Gasteiger partial charge in [0.05, 0.1) is 16.2 Å². The fourth-order valence-electron chi connectivity index (χ4n) is 1.79. The fraction of sp³-hybridized carbons (Fsp3) is 0.385. The third-order valence-corrected chi connectivity index (χ3v) is 4.38. The van der Waals surface area contributed by atoms with Crippen LogP contribution in [0.1, 0.15) is 13.3 Å². The molecular formula is C13H18N4O7S. The maximum Gasteiger partial charge on any atom is 0.304 e. The molecule has 0 aliphatic heterocycles. The van der Waals surface area contributed by atoms with E-state index in [2.05, 4.69) is 15.4 Å². The molecule has 0 aromatic heterocycles. The lowest BCUT2D eigenvalue weighted by atomic mass is 10.2. The van der Waals surface area contributed by atoms with E-state index in [4.69, 9.17) is 5.11 Å². The first kappa shape index (κ1) is 20.3. The number of nitrogens with one attached hydrogen (secondary N) is 3. The molecule has 11 nitrogen and oxygen atoms in total. The Kier molecular flexibility index (Phi) is 7.26. The van der Waals surface area contributed by atoms with Gasteiger partial charge < -0.3 is 15.7 Å². The van der Waals surface area contributed by atoms with Gasteiger partial charge in [0.25, 0.3) is 5.69 Å². The molecular weight excluding hydrogens is 356 g/mol. The molecule has 0 saturated carbocycles. The second-order valence-corrected chi connectivity index (χ2v) is 6.65. The summed E-state index contributed by atoms with van der Waals surface area (Å²) >= 11 is 0. The summed E-state index contributed by atoms with van der Waals surface area (Å²) in [6, 6.07) is 3.28. The number of nitro groups is 1. The van der Waals surface area contributed by atoms with Crippen LogP contribution in [0, 0.1) is 10.1 Å². The van der Waals surface area contributed by atoms with Crippen molar-refractivity contribution >= 4 is 33.3 Å². The van der Waals surface area contributed by atoms with Gasteiger partial charge in [0.2, 0.25) is 15.9 Å². The minimum absolute atomic E-state index is 0.0971. The van der Waals surface area contributed by atoms with E-state index in [9.17, 15) is 28.1 Å². The molecule has 1 amide bonds. The number of carboxylic acids is 1. The zero-order valence-electron chi connectivity index (χ0n) is 13.3. The Bertz CT molecular complexity index is 764. The van der Waals surface area contributed by atoms with Crippen molar-refractivity contribution in [2.45, 2.75) is 18.2 Å². The van der Waals surface area contributed by atoms with Crippen LogP contribution in [0.4, 0.5) is 11.4 Å². The van der Waals surface area contributed by atoms with Crippen molar-refractivity contribution in [3.63, 3.8) is 0 Å². The monoisotopic (exact) mass is 374 g/mol. The van der Waals surface area contributed by atoms with Crippen LogP contribution in [0.2, 0.25) is 0 Å². The summed E-state index contributed by atoms with van der Waals surface area (Å²) < 4.78 is 26.1. The van der Waals surface area contributed by atoms with Crippen LogP contribution in [0.15, 0.2) is 23.1 Å². The molecule has 0 atom stereocenters. The molecule has 12 heteroatoms. The number of aliphatic carboxylic acids is 1. The van der Waals surface area contributed by atoms with Crippen molar-refractivity contribution in [1.29, 1.82) is 0 Å². The number of nitrogens with zero attached hydrogens (tertiary/aromatic N) is 1. The summed E-state index contributed by atoms with van der Waals surface area (Å²) in [7, 11) is -4.07. The Morgan fingerprint density at radius 2 is 1.92 bits per heavy atom. The van der Waals surface area contributed by atoms with E-state index < -0.39 is 33.0 Å². The number of nitro benzene ring substituents is 1.